The monoisotopic (exact) mass is 751 g/mol. The van der Waals surface area contributed by atoms with Crippen LogP contribution in [0.3, 0.4) is 0 Å². The summed E-state index contributed by atoms with van der Waals surface area (Å²) in [6.45, 7) is 0. The van der Waals surface area contributed by atoms with Gasteiger partial charge < -0.3 is 0 Å². The van der Waals surface area contributed by atoms with Crippen LogP contribution in [0.25, 0.3) is 108 Å². The van der Waals surface area contributed by atoms with E-state index in [-0.39, 0.29) is 0 Å². The Morgan fingerprint density at radius 1 is 0.304 bits per heavy atom. The summed E-state index contributed by atoms with van der Waals surface area (Å²) in [7, 11) is 0. The van der Waals surface area contributed by atoms with Gasteiger partial charge in [0, 0.05) is 58.1 Å². The molecule has 0 saturated heterocycles. The van der Waals surface area contributed by atoms with Gasteiger partial charge in [-0.05, 0) is 35.4 Å². The lowest BCUT2D eigenvalue weighted by Crippen LogP contribution is -2.00. The largest absolute Gasteiger partial charge is 0.226 e. The Bertz CT molecular complexity index is 3170. The normalized spacial score (nSPS) is 11.6. The molecule has 262 valence electrons. The van der Waals surface area contributed by atoms with E-state index in [1.807, 2.05) is 90.2 Å². The Balaban J connectivity index is 1.00. The van der Waals surface area contributed by atoms with E-state index in [9.17, 15) is 0 Å². The molecule has 0 aliphatic rings. The zero-order chi connectivity index (χ0) is 37.0. The van der Waals surface area contributed by atoms with Crippen molar-refractivity contribution in [3.05, 3.63) is 176 Å². The van der Waals surface area contributed by atoms with Crippen molar-refractivity contribution in [2.75, 3.05) is 0 Å². The first-order valence-corrected chi connectivity index (χ1v) is 20.0. The lowest BCUT2D eigenvalue weighted by molar-refractivity contribution is 1.07. The molecule has 5 nitrogen and oxygen atoms in total. The summed E-state index contributed by atoms with van der Waals surface area (Å²) in [5, 5.41) is 3.56. The van der Waals surface area contributed by atoms with Gasteiger partial charge in [-0.15, -0.1) is 22.7 Å². The third-order valence-corrected chi connectivity index (χ3v) is 12.6. The lowest BCUT2D eigenvalue weighted by Gasteiger charge is -2.09. The van der Waals surface area contributed by atoms with Gasteiger partial charge in [-0.25, -0.2) is 24.9 Å². The third kappa shape index (κ3) is 5.64. The maximum absolute atomic E-state index is 5.18. The van der Waals surface area contributed by atoms with Crippen LogP contribution in [-0.2, 0) is 0 Å². The SMILES string of the molecule is c1ccc(-c2nc(-c3ccccc3)nc(-c3ccc4sc5c(-c6ccc(-c7nc(-c8ccccc8)nc8c7sc7ccccc78)cc6)cccc5c4c3)n2)cc1. The number of hydrogen-bond acceptors (Lipinski definition) is 7. The fraction of sp³-hybridized carbons (Fsp3) is 0. The topological polar surface area (TPSA) is 64.5 Å². The Morgan fingerprint density at radius 3 is 1.46 bits per heavy atom. The highest BCUT2D eigenvalue weighted by molar-refractivity contribution is 7.26. The van der Waals surface area contributed by atoms with Crippen LogP contribution in [0.5, 0.6) is 0 Å². The second kappa shape index (κ2) is 13.4. The Kier molecular flexibility index (Phi) is 7.79. The number of nitrogens with zero attached hydrogens (tertiary/aromatic N) is 5. The van der Waals surface area contributed by atoms with Crippen molar-refractivity contribution >= 4 is 63.1 Å². The lowest BCUT2D eigenvalue weighted by atomic mass is 10.00. The Hall–Kier alpha value is -6.93. The van der Waals surface area contributed by atoms with Crippen LogP contribution in [0.1, 0.15) is 0 Å². The summed E-state index contributed by atoms with van der Waals surface area (Å²) in [4.78, 5) is 25.2. The van der Waals surface area contributed by atoms with E-state index in [2.05, 4.69) is 97.1 Å². The van der Waals surface area contributed by atoms with Crippen molar-refractivity contribution in [1.29, 1.82) is 0 Å². The Labute approximate surface area is 330 Å². The molecule has 7 aromatic carbocycles. The highest BCUT2D eigenvalue weighted by Crippen LogP contribution is 2.43. The van der Waals surface area contributed by atoms with Crippen LogP contribution < -0.4 is 0 Å². The highest BCUT2D eigenvalue weighted by atomic mass is 32.1. The number of thiophene rings is 2. The van der Waals surface area contributed by atoms with Crippen molar-refractivity contribution in [1.82, 2.24) is 24.9 Å². The van der Waals surface area contributed by atoms with Gasteiger partial charge in [-0.1, -0.05) is 152 Å². The van der Waals surface area contributed by atoms with Crippen molar-refractivity contribution in [3.63, 3.8) is 0 Å². The summed E-state index contributed by atoms with van der Waals surface area (Å²) in [6, 6.07) is 61.0. The van der Waals surface area contributed by atoms with Crippen molar-refractivity contribution in [3.8, 4) is 67.9 Å². The number of aromatic nitrogens is 5. The van der Waals surface area contributed by atoms with E-state index in [0.717, 1.165) is 60.5 Å². The molecule has 4 aromatic heterocycles. The standard InChI is InChI=1S/C49H29N5S2/c1-4-13-32(14-5-1)46-50-42(45-43(51-46)38-19-10-11-22-40(38)56-45)31-25-23-30(24-26-31)36-20-12-21-37-39-29-35(27-28-41(39)55-44(36)37)49-53-47(33-15-6-2-7-16-33)52-48(54-49)34-17-8-3-9-18-34/h1-29H. The van der Waals surface area contributed by atoms with Crippen LogP contribution in [-0.4, -0.2) is 24.9 Å². The predicted octanol–water partition coefficient (Wildman–Crippen LogP) is 13.4. The summed E-state index contributed by atoms with van der Waals surface area (Å²) < 4.78 is 4.78. The quantitative estimate of drug-likeness (QED) is 0.169. The van der Waals surface area contributed by atoms with Crippen LogP contribution in [0.4, 0.5) is 0 Å². The molecule has 0 N–H and O–H groups in total. The summed E-state index contributed by atoms with van der Waals surface area (Å²) >= 11 is 3.57. The molecular formula is C49H29N5S2. The van der Waals surface area contributed by atoms with Gasteiger partial charge in [-0.3, -0.25) is 0 Å². The van der Waals surface area contributed by atoms with E-state index >= 15 is 0 Å². The van der Waals surface area contributed by atoms with Crippen LogP contribution >= 0.6 is 22.7 Å². The highest BCUT2D eigenvalue weighted by Gasteiger charge is 2.18. The Morgan fingerprint density at radius 2 is 0.804 bits per heavy atom. The van der Waals surface area contributed by atoms with Crippen LogP contribution in [0, 0.1) is 0 Å². The minimum Gasteiger partial charge on any atom is -0.226 e. The van der Waals surface area contributed by atoms with Gasteiger partial charge in [-0.2, -0.15) is 0 Å². The van der Waals surface area contributed by atoms with Gasteiger partial charge in [0.1, 0.15) is 0 Å². The molecular weight excluding hydrogens is 723 g/mol. The molecule has 11 aromatic rings. The molecule has 0 radical (unpaired) electrons. The van der Waals surface area contributed by atoms with Crippen molar-refractivity contribution < 1.29 is 0 Å². The van der Waals surface area contributed by atoms with Gasteiger partial charge in [0.2, 0.25) is 0 Å². The van der Waals surface area contributed by atoms with Gasteiger partial charge in [0.05, 0.1) is 15.9 Å². The van der Waals surface area contributed by atoms with Crippen LogP contribution in [0.15, 0.2) is 176 Å². The second-order valence-electron chi connectivity index (χ2n) is 13.6. The maximum Gasteiger partial charge on any atom is 0.164 e. The first-order valence-electron chi connectivity index (χ1n) is 18.4. The molecule has 0 bridgehead atoms. The molecule has 4 heterocycles. The smallest absolute Gasteiger partial charge is 0.164 e. The van der Waals surface area contributed by atoms with Gasteiger partial charge >= 0.3 is 0 Å². The molecule has 0 saturated carbocycles. The molecule has 0 amide bonds. The van der Waals surface area contributed by atoms with E-state index in [1.54, 1.807) is 11.3 Å². The molecule has 0 unspecified atom stereocenters. The molecule has 0 aliphatic carbocycles. The van der Waals surface area contributed by atoms with E-state index < -0.39 is 0 Å². The predicted molar refractivity (Wildman–Crippen MR) is 234 cm³/mol. The second-order valence-corrected chi connectivity index (χ2v) is 15.8. The molecule has 7 heteroatoms. The van der Waals surface area contributed by atoms with E-state index in [4.69, 9.17) is 24.9 Å². The molecule has 0 spiro atoms. The number of hydrogen-bond donors (Lipinski definition) is 0. The van der Waals surface area contributed by atoms with E-state index in [1.165, 1.54) is 30.4 Å². The average Bonchev–Trinajstić information content (AvgIpc) is 3.85. The molecule has 56 heavy (non-hydrogen) atoms. The maximum atomic E-state index is 5.18. The molecule has 0 atom stereocenters. The zero-order valence-electron chi connectivity index (χ0n) is 29.8. The first-order chi connectivity index (χ1) is 27.7. The summed E-state index contributed by atoms with van der Waals surface area (Å²) in [5.41, 5.74) is 9.26. The number of rotatable bonds is 6. The van der Waals surface area contributed by atoms with Gasteiger partial charge in [0.15, 0.2) is 23.3 Å². The zero-order valence-corrected chi connectivity index (χ0v) is 31.4. The third-order valence-electron chi connectivity index (χ3n) is 10.2. The average molecular weight is 752 g/mol. The fourth-order valence-electron chi connectivity index (χ4n) is 7.41. The van der Waals surface area contributed by atoms with Crippen molar-refractivity contribution in [2.24, 2.45) is 0 Å². The number of benzene rings is 7. The minimum atomic E-state index is 0.651. The first kappa shape index (κ1) is 32.5. The van der Waals surface area contributed by atoms with E-state index in [0.29, 0.717) is 17.5 Å². The molecule has 11 rings (SSSR count). The summed E-state index contributed by atoms with van der Waals surface area (Å²) in [6.07, 6.45) is 0. The van der Waals surface area contributed by atoms with Gasteiger partial charge in [0.25, 0.3) is 0 Å². The summed E-state index contributed by atoms with van der Waals surface area (Å²) in [5.74, 6) is 2.70. The fourth-order valence-corrected chi connectivity index (χ4v) is 9.79. The van der Waals surface area contributed by atoms with Crippen LogP contribution in [0.2, 0.25) is 0 Å². The molecule has 0 fully saturated rings. The van der Waals surface area contributed by atoms with Crippen molar-refractivity contribution in [2.45, 2.75) is 0 Å². The minimum absolute atomic E-state index is 0.651. The number of fused-ring (bicyclic) bond motifs is 6. The molecule has 0 aliphatic heterocycles.